The van der Waals surface area contributed by atoms with Crippen LogP contribution in [0.2, 0.25) is 5.02 Å². The van der Waals surface area contributed by atoms with Gasteiger partial charge in [-0.2, -0.15) is 0 Å². The van der Waals surface area contributed by atoms with Crippen molar-refractivity contribution < 1.29 is 9.21 Å². The highest BCUT2D eigenvalue weighted by Crippen LogP contribution is 2.23. The number of fused-ring (bicyclic) bond motifs is 1. The number of piperidine rings is 1. The molecular weight excluding hydrogens is 360 g/mol. The Labute approximate surface area is 164 Å². The third kappa shape index (κ3) is 4.28. The molecule has 0 radical (unpaired) electrons. The van der Waals surface area contributed by atoms with E-state index in [9.17, 15) is 4.79 Å². The smallest absolute Gasteiger partial charge is 0.287 e. The van der Waals surface area contributed by atoms with E-state index >= 15 is 0 Å². The predicted molar refractivity (Wildman–Crippen MR) is 110 cm³/mol. The fourth-order valence-corrected chi connectivity index (χ4v) is 3.74. The van der Waals surface area contributed by atoms with Gasteiger partial charge in [-0.25, -0.2) is 0 Å². The molecule has 4 nitrogen and oxygen atoms in total. The van der Waals surface area contributed by atoms with Crippen molar-refractivity contribution in [2.45, 2.75) is 25.7 Å². The molecule has 0 unspecified atom stereocenters. The van der Waals surface area contributed by atoms with Crippen molar-refractivity contribution in [1.82, 2.24) is 5.32 Å². The number of rotatable bonds is 5. The predicted octanol–water partition coefficient (Wildman–Crippen LogP) is 5.05. The summed E-state index contributed by atoms with van der Waals surface area (Å²) in [7, 11) is 0. The number of nitrogens with zero attached hydrogens (tertiary/aromatic N) is 1. The molecule has 1 amide bonds. The molecule has 1 saturated heterocycles. The monoisotopic (exact) mass is 382 g/mol. The number of hydrogen-bond acceptors (Lipinski definition) is 3. The maximum Gasteiger partial charge on any atom is 0.287 e. The summed E-state index contributed by atoms with van der Waals surface area (Å²) in [6, 6.07) is 15.7. The Morgan fingerprint density at radius 2 is 1.81 bits per heavy atom. The number of nitrogens with one attached hydrogen (secondary N) is 1. The van der Waals surface area contributed by atoms with Crippen LogP contribution in [0.15, 0.2) is 52.9 Å². The summed E-state index contributed by atoms with van der Waals surface area (Å²) in [5.41, 5.74) is 3.17. The van der Waals surface area contributed by atoms with Crippen molar-refractivity contribution in [3.63, 3.8) is 0 Å². The first-order chi connectivity index (χ1) is 13.2. The SMILES string of the molecule is O=C(NCCc1ccc(N2CCCCC2)cc1)c1cc2cc(Cl)ccc2o1. The minimum atomic E-state index is -0.202. The Kier molecular flexibility index (Phi) is 5.35. The van der Waals surface area contributed by atoms with Crippen LogP contribution in [0.3, 0.4) is 0 Å². The van der Waals surface area contributed by atoms with Crippen LogP contribution >= 0.6 is 11.6 Å². The molecule has 3 aromatic rings. The van der Waals surface area contributed by atoms with E-state index in [-0.39, 0.29) is 5.91 Å². The van der Waals surface area contributed by atoms with E-state index in [0.29, 0.717) is 22.9 Å². The molecule has 0 spiro atoms. The maximum absolute atomic E-state index is 12.3. The number of amides is 1. The molecule has 0 saturated carbocycles. The summed E-state index contributed by atoms with van der Waals surface area (Å²) < 4.78 is 5.59. The van der Waals surface area contributed by atoms with Gasteiger partial charge in [0.15, 0.2) is 5.76 Å². The second-order valence-corrected chi connectivity index (χ2v) is 7.45. The number of benzene rings is 2. The summed E-state index contributed by atoms with van der Waals surface area (Å²) in [5, 5.41) is 4.39. The lowest BCUT2D eigenvalue weighted by molar-refractivity contribution is 0.0928. The summed E-state index contributed by atoms with van der Waals surface area (Å²) in [6.45, 7) is 2.87. The average Bonchev–Trinajstić information content (AvgIpc) is 3.12. The van der Waals surface area contributed by atoms with E-state index in [1.807, 2.05) is 0 Å². The summed E-state index contributed by atoms with van der Waals surface area (Å²) in [4.78, 5) is 14.8. The number of anilines is 1. The zero-order valence-electron chi connectivity index (χ0n) is 15.2. The van der Waals surface area contributed by atoms with Crippen LogP contribution in [0.1, 0.15) is 35.4 Å². The third-order valence-corrected chi connectivity index (χ3v) is 5.29. The van der Waals surface area contributed by atoms with Gasteiger partial charge in [0.05, 0.1) is 0 Å². The van der Waals surface area contributed by atoms with Gasteiger partial charge in [0.1, 0.15) is 5.58 Å². The van der Waals surface area contributed by atoms with Crippen molar-refractivity contribution in [1.29, 1.82) is 0 Å². The fourth-order valence-electron chi connectivity index (χ4n) is 3.56. The van der Waals surface area contributed by atoms with Crippen LogP contribution in [0.25, 0.3) is 11.0 Å². The molecular formula is C22H23ClN2O2. The van der Waals surface area contributed by atoms with Crippen molar-refractivity contribution in [2.24, 2.45) is 0 Å². The molecule has 1 N–H and O–H groups in total. The van der Waals surface area contributed by atoms with Crippen LogP contribution in [0.5, 0.6) is 0 Å². The number of carbonyl (C=O) groups excluding carboxylic acids is 1. The van der Waals surface area contributed by atoms with E-state index in [4.69, 9.17) is 16.0 Å². The molecule has 1 aliphatic rings. The summed E-state index contributed by atoms with van der Waals surface area (Å²) in [6.07, 6.45) is 4.69. The van der Waals surface area contributed by atoms with Crippen molar-refractivity contribution in [2.75, 3.05) is 24.5 Å². The maximum atomic E-state index is 12.3. The molecule has 0 atom stereocenters. The summed E-state index contributed by atoms with van der Waals surface area (Å²) in [5.74, 6) is 0.111. The first-order valence-corrected chi connectivity index (χ1v) is 9.88. The highest BCUT2D eigenvalue weighted by molar-refractivity contribution is 6.31. The number of furan rings is 1. The highest BCUT2D eigenvalue weighted by atomic mass is 35.5. The Balaban J connectivity index is 1.31. The van der Waals surface area contributed by atoms with Crippen LogP contribution in [-0.2, 0) is 6.42 Å². The second-order valence-electron chi connectivity index (χ2n) is 7.01. The molecule has 5 heteroatoms. The van der Waals surface area contributed by atoms with Gasteiger partial charge in [-0.15, -0.1) is 0 Å². The zero-order valence-corrected chi connectivity index (χ0v) is 16.0. The Morgan fingerprint density at radius 3 is 2.59 bits per heavy atom. The minimum Gasteiger partial charge on any atom is -0.451 e. The molecule has 1 aliphatic heterocycles. The van der Waals surface area contributed by atoms with Gasteiger partial charge in [-0.1, -0.05) is 23.7 Å². The molecule has 2 heterocycles. The van der Waals surface area contributed by atoms with Crippen molar-refractivity contribution >= 4 is 34.2 Å². The lowest BCUT2D eigenvalue weighted by atomic mass is 10.1. The van der Waals surface area contributed by atoms with Gasteiger partial charge in [0.2, 0.25) is 0 Å². The van der Waals surface area contributed by atoms with Crippen molar-refractivity contribution in [3.05, 3.63) is 64.9 Å². The lowest BCUT2D eigenvalue weighted by Gasteiger charge is -2.28. The van der Waals surface area contributed by atoms with Crippen LogP contribution in [0, 0.1) is 0 Å². The molecule has 0 aliphatic carbocycles. The fraction of sp³-hybridized carbons (Fsp3) is 0.318. The zero-order chi connectivity index (χ0) is 18.6. The van der Waals surface area contributed by atoms with E-state index in [2.05, 4.69) is 34.5 Å². The first kappa shape index (κ1) is 17.9. The molecule has 140 valence electrons. The van der Waals surface area contributed by atoms with Gasteiger partial charge in [-0.3, -0.25) is 4.79 Å². The third-order valence-electron chi connectivity index (χ3n) is 5.06. The molecule has 4 rings (SSSR count). The lowest BCUT2D eigenvalue weighted by Crippen LogP contribution is -2.29. The largest absolute Gasteiger partial charge is 0.451 e. The summed E-state index contributed by atoms with van der Waals surface area (Å²) >= 11 is 5.97. The second kappa shape index (κ2) is 8.05. The molecule has 27 heavy (non-hydrogen) atoms. The van der Waals surface area contributed by atoms with E-state index in [0.717, 1.165) is 24.9 Å². The van der Waals surface area contributed by atoms with E-state index in [1.54, 1.807) is 24.3 Å². The van der Waals surface area contributed by atoms with E-state index in [1.165, 1.54) is 30.5 Å². The van der Waals surface area contributed by atoms with Crippen LogP contribution < -0.4 is 10.2 Å². The Morgan fingerprint density at radius 1 is 1.04 bits per heavy atom. The quantitative estimate of drug-likeness (QED) is 0.671. The van der Waals surface area contributed by atoms with Crippen LogP contribution in [-0.4, -0.2) is 25.5 Å². The molecule has 2 aromatic carbocycles. The van der Waals surface area contributed by atoms with Gasteiger partial charge < -0.3 is 14.6 Å². The van der Waals surface area contributed by atoms with Gasteiger partial charge in [0.25, 0.3) is 5.91 Å². The Hall–Kier alpha value is -2.46. The van der Waals surface area contributed by atoms with Crippen molar-refractivity contribution in [3.8, 4) is 0 Å². The number of halogens is 1. The Bertz CT molecular complexity index is 927. The first-order valence-electron chi connectivity index (χ1n) is 9.50. The standard InChI is InChI=1S/C22H23ClN2O2/c23-18-6-9-20-17(14-18)15-21(27-20)22(26)24-11-10-16-4-7-19(8-5-16)25-12-2-1-3-13-25/h4-9,14-15H,1-3,10-13H2,(H,24,26). The highest BCUT2D eigenvalue weighted by Gasteiger charge is 2.13. The van der Waals surface area contributed by atoms with Crippen LogP contribution in [0.4, 0.5) is 5.69 Å². The number of carbonyl (C=O) groups is 1. The van der Waals surface area contributed by atoms with Gasteiger partial charge in [0, 0.05) is 35.7 Å². The van der Waals surface area contributed by atoms with Gasteiger partial charge >= 0.3 is 0 Å². The molecule has 0 bridgehead atoms. The normalized spacial score (nSPS) is 14.5. The van der Waals surface area contributed by atoms with E-state index < -0.39 is 0 Å². The average molecular weight is 383 g/mol. The molecule has 1 aromatic heterocycles. The topological polar surface area (TPSA) is 45.5 Å². The molecule has 1 fully saturated rings. The minimum absolute atomic E-state index is 0.202. The number of hydrogen-bond donors (Lipinski definition) is 1. The van der Waals surface area contributed by atoms with Gasteiger partial charge in [-0.05, 0) is 67.6 Å².